The van der Waals surface area contributed by atoms with Crippen molar-refractivity contribution >= 4 is 21.7 Å². The minimum absolute atomic E-state index is 0.632. The van der Waals surface area contributed by atoms with E-state index in [9.17, 15) is 0 Å². The molecule has 0 aliphatic carbocycles. The molecule has 5 heteroatoms. The summed E-state index contributed by atoms with van der Waals surface area (Å²) in [5.41, 5.74) is 0. The van der Waals surface area contributed by atoms with Gasteiger partial charge in [-0.1, -0.05) is 15.9 Å². The van der Waals surface area contributed by atoms with E-state index in [-0.39, 0.29) is 0 Å². The van der Waals surface area contributed by atoms with Crippen molar-refractivity contribution in [3.8, 4) is 5.88 Å². The second-order valence-corrected chi connectivity index (χ2v) is 4.65. The van der Waals surface area contributed by atoms with E-state index in [1.807, 2.05) is 6.07 Å². The van der Waals surface area contributed by atoms with Gasteiger partial charge < -0.3 is 9.64 Å². The lowest BCUT2D eigenvalue weighted by molar-refractivity contribution is 0.395. The molecule has 0 saturated carbocycles. The Hall–Kier alpha value is -0.840. The quantitative estimate of drug-likeness (QED) is 0.798. The average Bonchev–Trinajstić information content (AvgIpc) is 2.39. The molecule has 2 heterocycles. The fourth-order valence-corrected chi connectivity index (χ4v) is 2.58. The number of anilines is 1. The molecule has 4 nitrogen and oxygen atoms in total. The molecule has 0 radical (unpaired) electrons. The van der Waals surface area contributed by atoms with E-state index in [2.05, 4.69) is 30.8 Å². The van der Waals surface area contributed by atoms with Gasteiger partial charge in [-0.3, -0.25) is 0 Å². The van der Waals surface area contributed by atoms with Crippen molar-refractivity contribution in [1.29, 1.82) is 0 Å². The number of ether oxygens (including phenoxy) is 1. The van der Waals surface area contributed by atoms with Gasteiger partial charge in [0.1, 0.15) is 12.1 Å². The summed E-state index contributed by atoms with van der Waals surface area (Å²) in [4.78, 5) is 10.6. The number of hydrogen-bond acceptors (Lipinski definition) is 4. The number of rotatable bonds is 3. The predicted octanol–water partition coefficient (Wildman–Crippen LogP) is 2.10. The molecule has 0 aromatic carbocycles. The fraction of sp³-hybridized carbons (Fsp3) is 0.636. The Bertz CT molecular complexity index is 340. The average molecular weight is 286 g/mol. The summed E-state index contributed by atoms with van der Waals surface area (Å²) in [5.74, 6) is 2.41. The van der Waals surface area contributed by atoms with Crippen molar-refractivity contribution in [3.63, 3.8) is 0 Å². The minimum Gasteiger partial charge on any atom is -0.481 e. The minimum atomic E-state index is 0.632. The number of piperidine rings is 1. The van der Waals surface area contributed by atoms with Gasteiger partial charge in [-0.2, -0.15) is 0 Å². The Morgan fingerprint density at radius 1 is 1.44 bits per heavy atom. The van der Waals surface area contributed by atoms with E-state index >= 15 is 0 Å². The first kappa shape index (κ1) is 11.6. The SMILES string of the molecule is COc1cc(N2CCC(CBr)CC2)ncn1. The van der Waals surface area contributed by atoms with Crippen LogP contribution in [0.5, 0.6) is 5.88 Å². The van der Waals surface area contributed by atoms with E-state index in [4.69, 9.17) is 4.74 Å². The van der Waals surface area contributed by atoms with Crippen LogP contribution in [0, 0.1) is 5.92 Å². The van der Waals surface area contributed by atoms with Crippen LogP contribution in [0.2, 0.25) is 0 Å². The van der Waals surface area contributed by atoms with Crippen LogP contribution in [0.15, 0.2) is 12.4 Å². The molecule has 0 bridgehead atoms. The van der Waals surface area contributed by atoms with Gasteiger partial charge in [0, 0.05) is 24.5 Å². The second-order valence-electron chi connectivity index (χ2n) is 4.00. The Morgan fingerprint density at radius 2 is 2.19 bits per heavy atom. The zero-order chi connectivity index (χ0) is 11.4. The van der Waals surface area contributed by atoms with Crippen molar-refractivity contribution < 1.29 is 4.74 Å². The van der Waals surface area contributed by atoms with E-state index < -0.39 is 0 Å². The predicted molar refractivity (Wildman–Crippen MR) is 67.3 cm³/mol. The van der Waals surface area contributed by atoms with Crippen LogP contribution >= 0.6 is 15.9 Å². The van der Waals surface area contributed by atoms with Crippen LogP contribution in [-0.2, 0) is 0 Å². The standard InChI is InChI=1S/C11H16BrN3O/c1-16-11-6-10(13-8-14-11)15-4-2-9(7-12)3-5-15/h6,8-9H,2-5,7H2,1H3. The topological polar surface area (TPSA) is 38.2 Å². The third kappa shape index (κ3) is 2.64. The fourth-order valence-electron chi connectivity index (χ4n) is 1.93. The van der Waals surface area contributed by atoms with Gasteiger partial charge in [-0.15, -0.1) is 0 Å². The van der Waals surface area contributed by atoms with E-state index in [0.29, 0.717) is 5.88 Å². The van der Waals surface area contributed by atoms with Crippen molar-refractivity contribution in [2.24, 2.45) is 5.92 Å². The van der Waals surface area contributed by atoms with E-state index in [1.54, 1.807) is 13.4 Å². The number of hydrogen-bond donors (Lipinski definition) is 0. The highest BCUT2D eigenvalue weighted by Crippen LogP contribution is 2.24. The Kier molecular flexibility index (Phi) is 3.98. The molecule has 2 rings (SSSR count). The zero-order valence-electron chi connectivity index (χ0n) is 9.40. The number of alkyl halides is 1. The molecule has 0 atom stereocenters. The van der Waals surface area contributed by atoms with Crippen LogP contribution in [0.3, 0.4) is 0 Å². The molecule has 0 spiro atoms. The number of nitrogens with zero attached hydrogens (tertiary/aromatic N) is 3. The highest BCUT2D eigenvalue weighted by Gasteiger charge is 2.19. The lowest BCUT2D eigenvalue weighted by Gasteiger charge is -2.31. The van der Waals surface area contributed by atoms with E-state index in [1.165, 1.54) is 12.8 Å². The molecule has 88 valence electrons. The largest absolute Gasteiger partial charge is 0.481 e. The summed E-state index contributed by atoms with van der Waals surface area (Å²) >= 11 is 3.55. The summed E-state index contributed by atoms with van der Waals surface area (Å²) in [6.07, 6.45) is 4.00. The monoisotopic (exact) mass is 285 g/mol. The molecule has 0 amide bonds. The van der Waals surface area contributed by atoms with Gasteiger partial charge in [0.05, 0.1) is 7.11 Å². The summed E-state index contributed by atoms with van der Waals surface area (Å²) in [6.45, 7) is 2.13. The molecule has 0 N–H and O–H groups in total. The Morgan fingerprint density at radius 3 is 2.81 bits per heavy atom. The van der Waals surface area contributed by atoms with E-state index in [0.717, 1.165) is 30.2 Å². The van der Waals surface area contributed by atoms with Gasteiger partial charge in [0.25, 0.3) is 0 Å². The van der Waals surface area contributed by atoms with Gasteiger partial charge in [0.2, 0.25) is 5.88 Å². The third-order valence-corrected chi connectivity index (χ3v) is 3.91. The number of aromatic nitrogens is 2. The zero-order valence-corrected chi connectivity index (χ0v) is 11.0. The second kappa shape index (κ2) is 5.48. The molecule has 1 saturated heterocycles. The normalized spacial score (nSPS) is 17.5. The van der Waals surface area contributed by atoms with Gasteiger partial charge in [-0.05, 0) is 18.8 Å². The molecular formula is C11H16BrN3O. The van der Waals surface area contributed by atoms with Crippen molar-refractivity contribution in [2.45, 2.75) is 12.8 Å². The van der Waals surface area contributed by atoms with Crippen molar-refractivity contribution in [1.82, 2.24) is 9.97 Å². The molecule has 1 aliphatic rings. The molecule has 1 aliphatic heterocycles. The first-order chi connectivity index (χ1) is 7.83. The molecule has 1 fully saturated rings. The maximum atomic E-state index is 5.10. The van der Waals surface area contributed by atoms with Crippen molar-refractivity contribution in [2.75, 3.05) is 30.4 Å². The molecule has 1 aromatic heterocycles. The van der Waals surface area contributed by atoms with Crippen LogP contribution in [0.25, 0.3) is 0 Å². The summed E-state index contributed by atoms with van der Waals surface area (Å²) in [6, 6.07) is 1.90. The lowest BCUT2D eigenvalue weighted by Crippen LogP contribution is -2.34. The highest BCUT2D eigenvalue weighted by molar-refractivity contribution is 9.09. The maximum absolute atomic E-state index is 5.10. The molecule has 1 aromatic rings. The summed E-state index contributed by atoms with van der Waals surface area (Å²) in [7, 11) is 1.63. The maximum Gasteiger partial charge on any atom is 0.218 e. The van der Waals surface area contributed by atoms with Crippen LogP contribution in [-0.4, -0.2) is 35.5 Å². The van der Waals surface area contributed by atoms with Crippen LogP contribution in [0.1, 0.15) is 12.8 Å². The van der Waals surface area contributed by atoms with Gasteiger partial charge >= 0.3 is 0 Å². The third-order valence-electron chi connectivity index (χ3n) is 2.99. The van der Waals surface area contributed by atoms with Crippen LogP contribution < -0.4 is 9.64 Å². The lowest BCUT2D eigenvalue weighted by atomic mass is 9.99. The first-order valence-corrected chi connectivity index (χ1v) is 6.62. The smallest absolute Gasteiger partial charge is 0.218 e. The molecular weight excluding hydrogens is 270 g/mol. The molecule has 16 heavy (non-hydrogen) atoms. The van der Waals surface area contributed by atoms with Crippen molar-refractivity contribution in [3.05, 3.63) is 12.4 Å². The molecule has 0 unspecified atom stereocenters. The number of methoxy groups -OCH3 is 1. The summed E-state index contributed by atoms with van der Waals surface area (Å²) in [5, 5.41) is 1.11. The Balaban J connectivity index is 2.02. The van der Waals surface area contributed by atoms with Crippen LogP contribution in [0.4, 0.5) is 5.82 Å². The van der Waals surface area contributed by atoms with Gasteiger partial charge in [0.15, 0.2) is 0 Å². The first-order valence-electron chi connectivity index (χ1n) is 5.50. The Labute approximate surface area is 104 Å². The highest BCUT2D eigenvalue weighted by atomic mass is 79.9. The number of halogens is 1. The summed E-state index contributed by atoms with van der Waals surface area (Å²) < 4.78 is 5.10. The van der Waals surface area contributed by atoms with Gasteiger partial charge in [-0.25, -0.2) is 9.97 Å².